The van der Waals surface area contributed by atoms with Crippen molar-refractivity contribution in [3.05, 3.63) is 24.2 Å². The summed E-state index contributed by atoms with van der Waals surface area (Å²) in [4.78, 5) is 13.9. The van der Waals surface area contributed by atoms with E-state index in [0.29, 0.717) is 18.3 Å². The molecule has 1 aromatic rings. The Hall–Kier alpha value is -0.840. The van der Waals surface area contributed by atoms with Crippen LogP contribution >= 0.6 is 12.4 Å². The lowest BCUT2D eigenvalue weighted by atomic mass is 10.2. The lowest BCUT2D eigenvalue weighted by Crippen LogP contribution is -2.50. The molecule has 1 atom stereocenters. The highest BCUT2D eigenvalue weighted by Crippen LogP contribution is 2.05. The number of nitrogens with zero attached hydrogens (tertiary/aromatic N) is 1. The van der Waals surface area contributed by atoms with Crippen molar-refractivity contribution in [3.63, 3.8) is 0 Å². The predicted molar refractivity (Wildman–Crippen MR) is 64.2 cm³/mol. The SMILES string of the molecule is CC1CN(CC(=O)c2ccco2)CCN1.Cl. The highest BCUT2D eigenvalue weighted by Gasteiger charge is 2.19. The van der Waals surface area contributed by atoms with Gasteiger partial charge in [-0.2, -0.15) is 0 Å². The van der Waals surface area contributed by atoms with Crippen LogP contribution in [0.2, 0.25) is 0 Å². The summed E-state index contributed by atoms with van der Waals surface area (Å²) in [7, 11) is 0. The molecule has 0 radical (unpaired) electrons. The zero-order valence-corrected chi connectivity index (χ0v) is 10.1. The van der Waals surface area contributed by atoms with Crippen LogP contribution < -0.4 is 5.32 Å². The molecule has 0 bridgehead atoms. The van der Waals surface area contributed by atoms with Crippen molar-refractivity contribution in [2.24, 2.45) is 0 Å². The lowest BCUT2D eigenvalue weighted by molar-refractivity contribution is 0.0881. The Morgan fingerprint density at radius 2 is 2.50 bits per heavy atom. The van der Waals surface area contributed by atoms with Crippen LogP contribution in [0.1, 0.15) is 17.5 Å². The number of carbonyl (C=O) groups excluding carboxylic acids is 1. The van der Waals surface area contributed by atoms with Crippen LogP contribution in [0.15, 0.2) is 22.8 Å². The number of rotatable bonds is 3. The molecular weight excluding hydrogens is 228 g/mol. The van der Waals surface area contributed by atoms with Gasteiger partial charge in [-0.1, -0.05) is 0 Å². The summed E-state index contributed by atoms with van der Waals surface area (Å²) < 4.78 is 5.07. The van der Waals surface area contributed by atoms with Gasteiger partial charge < -0.3 is 9.73 Å². The highest BCUT2D eigenvalue weighted by atomic mass is 35.5. The van der Waals surface area contributed by atoms with Crippen LogP contribution in [0.3, 0.4) is 0 Å². The van der Waals surface area contributed by atoms with Crippen molar-refractivity contribution >= 4 is 18.2 Å². The van der Waals surface area contributed by atoms with Crippen molar-refractivity contribution < 1.29 is 9.21 Å². The molecule has 0 aliphatic carbocycles. The Morgan fingerprint density at radius 1 is 1.69 bits per heavy atom. The molecule has 0 spiro atoms. The smallest absolute Gasteiger partial charge is 0.211 e. The fourth-order valence-corrected chi connectivity index (χ4v) is 1.87. The van der Waals surface area contributed by atoms with E-state index in [4.69, 9.17) is 4.42 Å². The molecule has 90 valence electrons. The molecule has 0 saturated carbocycles. The molecule has 1 aromatic heterocycles. The molecule has 1 saturated heterocycles. The van der Waals surface area contributed by atoms with Gasteiger partial charge in [0.1, 0.15) is 0 Å². The van der Waals surface area contributed by atoms with Gasteiger partial charge in [-0.05, 0) is 19.1 Å². The minimum Gasteiger partial charge on any atom is -0.461 e. The van der Waals surface area contributed by atoms with Gasteiger partial charge in [-0.25, -0.2) is 0 Å². The molecule has 1 aliphatic rings. The van der Waals surface area contributed by atoms with Crippen molar-refractivity contribution in [1.82, 2.24) is 10.2 Å². The number of carbonyl (C=O) groups is 1. The Morgan fingerprint density at radius 3 is 3.12 bits per heavy atom. The normalized spacial score (nSPS) is 21.4. The predicted octanol–water partition coefficient (Wildman–Crippen LogP) is 1.18. The second-order valence-corrected chi connectivity index (χ2v) is 3.99. The zero-order valence-electron chi connectivity index (χ0n) is 9.31. The third-order valence-electron chi connectivity index (χ3n) is 2.62. The largest absolute Gasteiger partial charge is 0.461 e. The quantitative estimate of drug-likeness (QED) is 0.811. The van der Waals surface area contributed by atoms with Crippen LogP contribution in [0, 0.1) is 0 Å². The summed E-state index contributed by atoms with van der Waals surface area (Å²) in [5, 5.41) is 3.34. The third-order valence-corrected chi connectivity index (χ3v) is 2.62. The molecule has 1 aliphatic heterocycles. The standard InChI is InChI=1S/C11H16N2O2.ClH/c1-9-7-13(5-4-12-9)8-10(14)11-3-2-6-15-11;/h2-3,6,9,12H,4-5,7-8H2,1H3;1H. The molecule has 1 fully saturated rings. The number of ketones is 1. The average molecular weight is 245 g/mol. The molecule has 1 unspecified atom stereocenters. The summed E-state index contributed by atoms with van der Waals surface area (Å²) >= 11 is 0. The summed E-state index contributed by atoms with van der Waals surface area (Å²) in [6.45, 7) is 5.39. The number of nitrogens with one attached hydrogen (secondary N) is 1. The van der Waals surface area contributed by atoms with E-state index in [1.807, 2.05) is 0 Å². The highest BCUT2D eigenvalue weighted by molar-refractivity contribution is 5.95. The van der Waals surface area contributed by atoms with Crippen molar-refractivity contribution in [3.8, 4) is 0 Å². The van der Waals surface area contributed by atoms with E-state index in [-0.39, 0.29) is 18.2 Å². The second kappa shape index (κ2) is 6.03. The maximum atomic E-state index is 11.7. The van der Waals surface area contributed by atoms with Gasteiger partial charge in [0, 0.05) is 25.7 Å². The molecule has 2 heterocycles. The molecule has 16 heavy (non-hydrogen) atoms. The first kappa shape index (κ1) is 13.2. The van der Waals surface area contributed by atoms with E-state index >= 15 is 0 Å². The Bertz CT molecular complexity index is 327. The Kier molecular flexibility index (Phi) is 4.99. The van der Waals surface area contributed by atoms with E-state index in [1.54, 1.807) is 12.1 Å². The number of Topliss-reactive ketones (excluding diaryl/α,β-unsaturated/α-hetero) is 1. The van der Waals surface area contributed by atoms with Gasteiger partial charge in [0.25, 0.3) is 0 Å². The number of hydrogen-bond donors (Lipinski definition) is 1. The second-order valence-electron chi connectivity index (χ2n) is 3.99. The Balaban J connectivity index is 0.00000128. The van der Waals surface area contributed by atoms with Crippen LogP contribution in [0.5, 0.6) is 0 Å². The topological polar surface area (TPSA) is 45.5 Å². The van der Waals surface area contributed by atoms with E-state index in [0.717, 1.165) is 19.6 Å². The first-order valence-corrected chi connectivity index (χ1v) is 5.28. The van der Waals surface area contributed by atoms with Crippen LogP contribution in [0.25, 0.3) is 0 Å². The molecule has 2 rings (SSSR count). The van der Waals surface area contributed by atoms with Crippen molar-refractivity contribution in [1.29, 1.82) is 0 Å². The minimum absolute atomic E-state index is 0. The Labute approximate surface area is 101 Å². The van der Waals surface area contributed by atoms with Crippen LogP contribution in [-0.2, 0) is 0 Å². The molecule has 0 amide bonds. The first-order valence-electron chi connectivity index (χ1n) is 5.28. The van der Waals surface area contributed by atoms with E-state index in [1.165, 1.54) is 6.26 Å². The lowest BCUT2D eigenvalue weighted by Gasteiger charge is -2.30. The van der Waals surface area contributed by atoms with Gasteiger partial charge in [0.2, 0.25) is 5.78 Å². The van der Waals surface area contributed by atoms with Crippen molar-refractivity contribution in [2.45, 2.75) is 13.0 Å². The molecule has 1 N–H and O–H groups in total. The maximum absolute atomic E-state index is 11.7. The number of piperazine rings is 1. The van der Waals surface area contributed by atoms with Crippen molar-refractivity contribution in [2.75, 3.05) is 26.2 Å². The minimum atomic E-state index is 0. The summed E-state index contributed by atoms with van der Waals surface area (Å²) in [6, 6.07) is 3.92. The molecule has 4 nitrogen and oxygen atoms in total. The fraction of sp³-hybridized carbons (Fsp3) is 0.545. The van der Waals surface area contributed by atoms with E-state index < -0.39 is 0 Å². The van der Waals surface area contributed by atoms with Crippen LogP contribution in [0.4, 0.5) is 0 Å². The van der Waals surface area contributed by atoms with Gasteiger partial charge in [-0.3, -0.25) is 9.69 Å². The molecular formula is C11H17ClN2O2. The number of halogens is 1. The van der Waals surface area contributed by atoms with Gasteiger partial charge in [0.15, 0.2) is 5.76 Å². The number of furan rings is 1. The summed E-state index contributed by atoms with van der Waals surface area (Å²) in [6.07, 6.45) is 1.54. The van der Waals surface area contributed by atoms with Gasteiger partial charge >= 0.3 is 0 Å². The molecule has 5 heteroatoms. The summed E-state index contributed by atoms with van der Waals surface area (Å²) in [5.74, 6) is 0.523. The number of hydrogen-bond acceptors (Lipinski definition) is 4. The molecule has 0 aromatic carbocycles. The zero-order chi connectivity index (χ0) is 10.7. The monoisotopic (exact) mass is 244 g/mol. The summed E-state index contributed by atoms with van der Waals surface area (Å²) in [5.41, 5.74) is 0. The third kappa shape index (κ3) is 3.33. The van der Waals surface area contributed by atoms with Gasteiger partial charge in [0.05, 0.1) is 12.8 Å². The van der Waals surface area contributed by atoms with E-state index in [9.17, 15) is 4.79 Å². The van der Waals surface area contributed by atoms with E-state index in [2.05, 4.69) is 17.1 Å². The maximum Gasteiger partial charge on any atom is 0.211 e. The fourth-order valence-electron chi connectivity index (χ4n) is 1.87. The average Bonchev–Trinajstić information content (AvgIpc) is 2.70. The van der Waals surface area contributed by atoms with Crippen LogP contribution in [-0.4, -0.2) is 42.9 Å². The van der Waals surface area contributed by atoms with Gasteiger partial charge in [-0.15, -0.1) is 12.4 Å². The first-order chi connectivity index (χ1) is 7.25.